The fourth-order valence-corrected chi connectivity index (χ4v) is 2.05. The highest BCUT2D eigenvalue weighted by molar-refractivity contribution is 6.31. The smallest absolute Gasteiger partial charge is 0.165 e. The lowest BCUT2D eigenvalue weighted by atomic mass is 10.1. The Morgan fingerprint density at radius 1 is 1.25 bits per heavy atom. The van der Waals surface area contributed by atoms with Crippen molar-refractivity contribution in [2.75, 3.05) is 0 Å². The summed E-state index contributed by atoms with van der Waals surface area (Å²) in [4.78, 5) is 0. The largest absolute Gasteiger partial charge is 0.454 e. The SMILES string of the molecule is Cc1cc(Oc2ccc(CC(C)N)cc2F)ccc1Cl. The summed E-state index contributed by atoms with van der Waals surface area (Å²) < 4.78 is 19.5. The summed E-state index contributed by atoms with van der Waals surface area (Å²) >= 11 is 5.94. The number of nitrogens with two attached hydrogens (primary N) is 1. The van der Waals surface area contributed by atoms with Crippen molar-refractivity contribution < 1.29 is 9.13 Å². The van der Waals surface area contributed by atoms with E-state index in [0.29, 0.717) is 17.2 Å². The van der Waals surface area contributed by atoms with Crippen molar-refractivity contribution in [3.8, 4) is 11.5 Å². The first-order valence-corrected chi connectivity index (χ1v) is 6.81. The van der Waals surface area contributed by atoms with E-state index in [1.165, 1.54) is 6.07 Å². The average Bonchev–Trinajstić information content (AvgIpc) is 2.36. The molecule has 2 N–H and O–H groups in total. The Balaban J connectivity index is 2.19. The molecule has 0 aliphatic carbocycles. The summed E-state index contributed by atoms with van der Waals surface area (Å²) in [6.07, 6.45) is 0.636. The van der Waals surface area contributed by atoms with Crippen LogP contribution in [0.1, 0.15) is 18.1 Å². The minimum absolute atomic E-state index is 0.0000770. The van der Waals surface area contributed by atoms with E-state index in [1.807, 2.05) is 19.9 Å². The van der Waals surface area contributed by atoms with Crippen LogP contribution in [0.4, 0.5) is 4.39 Å². The normalized spacial score (nSPS) is 12.2. The van der Waals surface area contributed by atoms with Gasteiger partial charge in [0.2, 0.25) is 0 Å². The molecule has 0 saturated carbocycles. The van der Waals surface area contributed by atoms with Gasteiger partial charge in [-0.2, -0.15) is 0 Å². The van der Waals surface area contributed by atoms with Crippen LogP contribution in [0.2, 0.25) is 5.02 Å². The van der Waals surface area contributed by atoms with Gasteiger partial charge in [-0.3, -0.25) is 0 Å². The van der Waals surface area contributed by atoms with Crippen molar-refractivity contribution in [2.24, 2.45) is 5.73 Å². The van der Waals surface area contributed by atoms with Gasteiger partial charge in [-0.25, -0.2) is 4.39 Å². The Hall–Kier alpha value is -1.58. The maximum Gasteiger partial charge on any atom is 0.165 e. The predicted octanol–water partition coefficient (Wildman–Crippen LogP) is 4.47. The van der Waals surface area contributed by atoms with Gasteiger partial charge in [-0.1, -0.05) is 17.7 Å². The zero-order valence-electron chi connectivity index (χ0n) is 11.5. The third-order valence-electron chi connectivity index (χ3n) is 2.91. The number of hydrogen-bond donors (Lipinski definition) is 1. The molecule has 0 heterocycles. The molecule has 2 nitrogen and oxygen atoms in total. The fourth-order valence-electron chi connectivity index (χ4n) is 1.93. The molecule has 0 aromatic heterocycles. The molecule has 1 unspecified atom stereocenters. The van der Waals surface area contributed by atoms with Crippen molar-refractivity contribution >= 4 is 11.6 Å². The molecule has 0 aliphatic heterocycles. The zero-order valence-corrected chi connectivity index (χ0v) is 12.2. The minimum atomic E-state index is -0.393. The van der Waals surface area contributed by atoms with E-state index >= 15 is 0 Å². The van der Waals surface area contributed by atoms with Crippen LogP contribution in [0.25, 0.3) is 0 Å². The molecule has 0 aliphatic rings. The first-order valence-electron chi connectivity index (χ1n) is 6.43. The molecule has 0 amide bonds. The van der Waals surface area contributed by atoms with Crippen LogP contribution >= 0.6 is 11.6 Å². The summed E-state index contributed by atoms with van der Waals surface area (Å²) in [5.74, 6) is 0.363. The van der Waals surface area contributed by atoms with Gasteiger partial charge in [0.1, 0.15) is 5.75 Å². The fraction of sp³-hybridized carbons (Fsp3) is 0.250. The quantitative estimate of drug-likeness (QED) is 0.902. The number of benzene rings is 2. The summed E-state index contributed by atoms with van der Waals surface area (Å²) in [7, 11) is 0. The van der Waals surface area contributed by atoms with E-state index in [9.17, 15) is 4.39 Å². The maximum atomic E-state index is 14.0. The standard InChI is InChI=1S/C16H17ClFNO/c1-10-7-13(4-5-14(10)17)20-16-6-3-12(8-11(2)19)9-15(16)18/h3-7,9,11H,8,19H2,1-2H3. The summed E-state index contributed by atoms with van der Waals surface area (Å²) in [6, 6.07) is 10.1. The Labute approximate surface area is 123 Å². The van der Waals surface area contributed by atoms with Crippen molar-refractivity contribution in [1.29, 1.82) is 0 Å². The van der Waals surface area contributed by atoms with Gasteiger partial charge in [0.25, 0.3) is 0 Å². The molecule has 106 valence electrons. The topological polar surface area (TPSA) is 35.2 Å². The van der Waals surface area contributed by atoms with E-state index in [2.05, 4.69) is 0 Å². The Bertz CT molecular complexity index is 613. The van der Waals surface area contributed by atoms with Crippen LogP contribution in [0, 0.1) is 12.7 Å². The highest BCUT2D eigenvalue weighted by Gasteiger charge is 2.08. The second kappa shape index (κ2) is 6.25. The highest BCUT2D eigenvalue weighted by atomic mass is 35.5. The maximum absolute atomic E-state index is 14.0. The van der Waals surface area contributed by atoms with Crippen LogP contribution in [0.15, 0.2) is 36.4 Å². The van der Waals surface area contributed by atoms with Gasteiger partial charge < -0.3 is 10.5 Å². The molecule has 0 bridgehead atoms. The number of ether oxygens (including phenoxy) is 1. The number of hydrogen-bond acceptors (Lipinski definition) is 2. The van der Waals surface area contributed by atoms with Crippen LogP contribution in [0.3, 0.4) is 0 Å². The Morgan fingerprint density at radius 3 is 2.60 bits per heavy atom. The minimum Gasteiger partial charge on any atom is -0.454 e. The molecule has 1 atom stereocenters. The molecule has 0 fully saturated rings. The van der Waals surface area contributed by atoms with E-state index < -0.39 is 5.82 Å². The predicted molar refractivity (Wildman–Crippen MR) is 80.0 cm³/mol. The number of halogens is 2. The lowest BCUT2D eigenvalue weighted by molar-refractivity contribution is 0.441. The second-order valence-corrected chi connectivity index (χ2v) is 5.37. The monoisotopic (exact) mass is 293 g/mol. The summed E-state index contributed by atoms with van der Waals surface area (Å²) in [6.45, 7) is 3.76. The molecule has 20 heavy (non-hydrogen) atoms. The van der Waals surface area contributed by atoms with Gasteiger partial charge in [0.05, 0.1) is 0 Å². The van der Waals surface area contributed by atoms with Gasteiger partial charge in [-0.05, 0) is 61.7 Å². The van der Waals surface area contributed by atoms with Crippen molar-refractivity contribution in [3.05, 3.63) is 58.4 Å². The highest BCUT2D eigenvalue weighted by Crippen LogP contribution is 2.28. The number of rotatable bonds is 4. The average molecular weight is 294 g/mol. The molecule has 0 radical (unpaired) electrons. The van der Waals surface area contributed by atoms with Crippen molar-refractivity contribution in [2.45, 2.75) is 26.3 Å². The van der Waals surface area contributed by atoms with Gasteiger partial charge in [0, 0.05) is 11.1 Å². The van der Waals surface area contributed by atoms with E-state index in [0.717, 1.165) is 11.1 Å². The molecule has 0 spiro atoms. The van der Waals surface area contributed by atoms with Crippen molar-refractivity contribution in [1.82, 2.24) is 0 Å². The van der Waals surface area contributed by atoms with Crippen LogP contribution in [-0.2, 0) is 6.42 Å². The Kier molecular flexibility index (Phi) is 4.63. The third-order valence-corrected chi connectivity index (χ3v) is 3.34. The number of aryl methyl sites for hydroxylation is 1. The van der Waals surface area contributed by atoms with Crippen LogP contribution < -0.4 is 10.5 Å². The lowest BCUT2D eigenvalue weighted by Crippen LogP contribution is -2.17. The second-order valence-electron chi connectivity index (χ2n) is 4.96. The molecule has 2 rings (SSSR count). The van der Waals surface area contributed by atoms with Gasteiger partial charge in [0.15, 0.2) is 11.6 Å². The first kappa shape index (κ1) is 14.8. The molecule has 2 aromatic carbocycles. The molecular formula is C16H17ClFNO. The molecule has 4 heteroatoms. The molecular weight excluding hydrogens is 277 g/mol. The van der Waals surface area contributed by atoms with E-state index in [4.69, 9.17) is 22.1 Å². The van der Waals surface area contributed by atoms with Gasteiger partial charge in [-0.15, -0.1) is 0 Å². The first-order chi connectivity index (χ1) is 9.45. The van der Waals surface area contributed by atoms with E-state index in [1.54, 1.807) is 24.3 Å². The van der Waals surface area contributed by atoms with Crippen LogP contribution in [-0.4, -0.2) is 6.04 Å². The van der Waals surface area contributed by atoms with Crippen LogP contribution in [0.5, 0.6) is 11.5 Å². The lowest BCUT2D eigenvalue weighted by Gasteiger charge is -2.10. The van der Waals surface area contributed by atoms with Crippen molar-refractivity contribution in [3.63, 3.8) is 0 Å². The summed E-state index contributed by atoms with van der Waals surface area (Å²) in [5, 5.41) is 0.658. The zero-order chi connectivity index (χ0) is 14.7. The summed E-state index contributed by atoms with van der Waals surface area (Å²) in [5.41, 5.74) is 7.45. The molecule has 0 saturated heterocycles. The molecule has 2 aromatic rings. The van der Waals surface area contributed by atoms with Gasteiger partial charge >= 0.3 is 0 Å². The third kappa shape index (κ3) is 3.71. The van der Waals surface area contributed by atoms with E-state index in [-0.39, 0.29) is 11.8 Å². The Morgan fingerprint density at radius 2 is 2.00 bits per heavy atom.